The van der Waals surface area contributed by atoms with Gasteiger partial charge in [-0.2, -0.15) is 0 Å². The number of allylic oxidation sites excluding steroid dienone is 1. The topological polar surface area (TPSA) is 219 Å². The summed E-state index contributed by atoms with van der Waals surface area (Å²) in [7, 11) is -4.03. The van der Waals surface area contributed by atoms with Gasteiger partial charge < -0.3 is 30.1 Å². The fourth-order valence-electron chi connectivity index (χ4n) is 8.18. The van der Waals surface area contributed by atoms with E-state index in [0.29, 0.717) is 54.3 Å². The molecule has 16 nitrogen and oxygen atoms in total. The van der Waals surface area contributed by atoms with Crippen LogP contribution in [0.3, 0.4) is 0 Å². The first-order valence-corrected chi connectivity index (χ1v) is 22.0. The number of benzene rings is 1. The van der Waals surface area contributed by atoms with E-state index < -0.39 is 74.1 Å². The van der Waals surface area contributed by atoms with Crippen LogP contribution in [0.5, 0.6) is 11.5 Å². The van der Waals surface area contributed by atoms with E-state index in [1.54, 1.807) is 37.6 Å². The molecule has 0 unspecified atom stereocenters. The number of carbonyl (C=O) groups is 4. The first kappa shape index (κ1) is 42.5. The Kier molecular flexibility index (Phi) is 11.9. The van der Waals surface area contributed by atoms with Gasteiger partial charge in [0.05, 0.1) is 35.0 Å². The lowest BCUT2D eigenvalue weighted by molar-refractivity contribution is -0.142. The highest BCUT2D eigenvalue weighted by atomic mass is 32.2. The van der Waals surface area contributed by atoms with E-state index >= 15 is 0 Å². The summed E-state index contributed by atoms with van der Waals surface area (Å²) >= 11 is 0. The third-order valence-electron chi connectivity index (χ3n) is 12.0. The first-order chi connectivity index (χ1) is 28.5. The highest BCUT2D eigenvalue weighted by Gasteiger charge is 2.63. The Labute approximate surface area is 350 Å². The van der Waals surface area contributed by atoms with Crippen molar-refractivity contribution in [3.63, 3.8) is 0 Å². The summed E-state index contributed by atoms with van der Waals surface area (Å²) in [6.45, 7) is 9.21. The van der Waals surface area contributed by atoms with Gasteiger partial charge in [-0.05, 0) is 95.4 Å². The molecule has 4 amide bonds. The van der Waals surface area contributed by atoms with E-state index in [1.165, 1.54) is 4.90 Å². The predicted molar refractivity (Wildman–Crippen MR) is 221 cm³/mol. The molecule has 3 fully saturated rings. The molecule has 320 valence electrons. The van der Waals surface area contributed by atoms with Crippen LogP contribution in [0.4, 0.5) is 4.79 Å². The van der Waals surface area contributed by atoms with Crippen LogP contribution in [0, 0.1) is 17.8 Å². The monoisotopic (exact) mass is 843 g/mol. The molecule has 3 aromatic rings. The number of sulfonamides is 1. The lowest BCUT2D eigenvalue weighted by Gasteiger charge is -2.32. The summed E-state index contributed by atoms with van der Waals surface area (Å²) in [5, 5.41) is 15.2. The standard InChI is InChI=1S/C43H53N7O9S/c1-25(2)58-30-12-10-28(11-13-30)33-19-31(20-34(46-33)35-23-44-16-17-45-35)59-32-21-36-38(51)48-43(40(53)49-60(56,57)42(5)14-15-42)22-29(43)9-7-6-8-26(3)18-27(4)37(47-41(54)55)39(52)50(36)24-32/h7,9-13,16-17,19-20,23,25-27,29,32,36-37,47H,6,8,14-15,18,21-22,24H2,1-5H3,(H,48,51)(H,49,53)(H,54,55)/t26-,27+,29+,32+,36-,37-,43+/m0/s1. The minimum Gasteiger partial charge on any atom is -0.491 e. The maximum Gasteiger partial charge on any atom is 0.405 e. The predicted octanol–water partition coefficient (Wildman–Crippen LogP) is 4.86. The third-order valence-corrected chi connectivity index (χ3v) is 14.1. The van der Waals surface area contributed by atoms with E-state index in [0.717, 1.165) is 12.0 Å². The van der Waals surface area contributed by atoms with Crippen LogP contribution in [0.2, 0.25) is 0 Å². The number of fused-ring (bicyclic) bond motifs is 2. The van der Waals surface area contributed by atoms with E-state index in [9.17, 15) is 32.7 Å². The summed E-state index contributed by atoms with van der Waals surface area (Å²) < 4.78 is 40.1. The van der Waals surface area contributed by atoms with E-state index in [-0.39, 0.29) is 31.4 Å². The third kappa shape index (κ3) is 9.25. The molecule has 4 N–H and O–H groups in total. The quantitative estimate of drug-likeness (QED) is 0.201. The molecule has 1 saturated heterocycles. The van der Waals surface area contributed by atoms with Crippen molar-refractivity contribution in [2.75, 3.05) is 6.54 Å². The number of ether oxygens (including phenoxy) is 2. The van der Waals surface area contributed by atoms with Crippen LogP contribution in [-0.4, -0.2) is 98.3 Å². The van der Waals surface area contributed by atoms with Crippen LogP contribution in [0.15, 0.2) is 67.1 Å². The van der Waals surface area contributed by atoms with Gasteiger partial charge in [0.15, 0.2) is 0 Å². The number of rotatable bonds is 10. The number of aromatic nitrogens is 3. The maximum absolute atomic E-state index is 14.6. The van der Waals surface area contributed by atoms with Crippen molar-refractivity contribution >= 4 is 33.8 Å². The van der Waals surface area contributed by atoms with Gasteiger partial charge in [-0.25, -0.2) is 18.2 Å². The molecule has 17 heteroatoms. The molecule has 4 heterocycles. The van der Waals surface area contributed by atoms with Crippen molar-refractivity contribution in [3.8, 4) is 34.1 Å². The average molecular weight is 844 g/mol. The summed E-state index contributed by atoms with van der Waals surface area (Å²) in [4.78, 5) is 70.0. The number of nitrogens with zero attached hydrogens (tertiary/aromatic N) is 4. The average Bonchev–Trinajstić information content (AvgIpc) is 4.08. The number of amides is 4. The fraction of sp³-hybridized carbons (Fsp3) is 0.512. The SMILES string of the molecule is CC(C)Oc1ccc(-c2cc(O[C@@H]3C[C@H]4C(=O)N[C@]5(C(=O)NS(=O)(=O)C6(C)CC6)C[C@H]5C=CCC[C@H](C)C[C@@H](C)[C@H](NC(=O)O)C(=O)N4C3)cc(-c3cnccn3)n2)cc1. The minimum absolute atomic E-state index is 0.0113. The molecule has 60 heavy (non-hydrogen) atoms. The molecule has 7 atom stereocenters. The van der Waals surface area contributed by atoms with Crippen molar-refractivity contribution in [2.24, 2.45) is 17.8 Å². The molecule has 0 spiro atoms. The summed E-state index contributed by atoms with van der Waals surface area (Å²) in [6, 6.07) is 8.50. The summed E-state index contributed by atoms with van der Waals surface area (Å²) in [5.74, 6) is -1.87. The second kappa shape index (κ2) is 16.8. The molecule has 0 bridgehead atoms. The fourth-order valence-corrected chi connectivity index (χ4v) is 9.49. The van der Waals surface area contributed by atoms with Crippen molar-refractivity contribution in [1.29, 1.82) is 0 Å². The molecule has 7 rings (SSSR count). The van der Waals surface area contributed by atoms with Crippen molar-refractivity contribution in [3.05, 3.63) is 67.1 Å². The lowest BCUT2D eigenvalue weighted by atomic mass is 9.88. The molecule has 2 aliphatic heterocycles. The number of nitrogens with one attached hydrogen (secondary N) is 3. The van der Waals surface area contributed by atoms with Gasteiger partial charge in [0, 0.05) is 42.4 Å². The number of carboxylic acid groups (broad SMARTS) is 1. The molecule has 2 saturated carbocycles. The van der Waals surface area contributed by atoms with Gasteiger partial charge in [-0.3, -0.25) is 29.1 Å². The molecular weight excluding hydrogens is 791 g/mol. The Morgan fingerprint density at radius 3 is 2.42 bits per heavy atom. The largest absolute Gasteiger partial charge is 0.491 e. The number of carbonyl (C=O) groups excluding carboxylic acids is 3. The van der Waals surface area contributed by atoms with Gasteiger partial charge in [-0.1, -0.05) is 26.0 Å². The normalized spacial score (nSPS) is 27.7. The zero-order chi connectivity index (χ0) is 43.0. The molecular formula is C43H53N7O9S. The summed E-state index contributed by atoms with van der Waals surface area (Å²) in [5.41, 5.74) is 0.686. The van der Waals surface area contributed by atoms with E-state index in [2.05, 4.69) is 25.3 Å². The van der Waals surface area contributed by atoms with Gasteiger partial charge in [-0.15, -0.1) is 0 Å². The van der Waals surface area contributed by atoms with Crippen LogP contribution < -0.4 is 24.8 Å². The minimum atomic E-state index is -4.03. The van der Waals surface area contributed by atoms with E-state index in [1.807, 2.05) is 64.1 Å². The summed E-state index contributed by atoms with van der Waals surface area (Å²) in [6.07, 6.45) is 9.15. The van der Waals surface area contributed by atoms with Gasteiger partial charge in [0.1, 0.15) is 40.9 Å². The Bertz CT molecular complexity index is 2250. The molecule has 4 aliphatic rings. The molecule has 1 aromatic carbocycles. The first-order valence-electron chi connectivity index (χ1n) is 20.5. The second-order valence-electron chi connectivity index (χ2n) is 17.2. The highest BCUT2D eigenvalue weighted by molar-refractivity contribution is 7.91. The van der Waals surface area contributed by atoms with Crippen LogP contribution in [0.1, 0.15) is 79.6 Å². The Morgan fingerprint density at radius 2 is 1.75 bits per heavy atom. The van der Waals surface area contributed by atoms with Crippen molar-refractivity contribution < 1.29 is 42.2 Å². The molecule has 2 aliphatic carbocycles. The smallest absolute Gasteiger partial charge is 0.405 e. The van der Waals surface area contributed by atoms with Crippen LogP contribution >= 0.6 is 0 Å². The van der Waals surface area contributed by atoms with Gasteiger partial charge in [0.25, 0.3) is 5.91 Å². The van der Waals surface area contributed by atoms with Gasteiger partial charge >= 0.3 is 6.09 Å². The van der Waals surface area contributed by atoms with Crippen LogP contribution in [0.25, 0.3) is 22.6 Å². The van der Waals surface area contributed by atoms with Crippen molar-refractivity contribution in [2.45, 2.75) is 114 Å². The Balaban J connectivity index is 1.23. The number of hydrogen-bond acceptors (Lipinski definition) is 11. The zero-order valence-electron chi connectivity index (χ0n) is 34.5. The lowest BCUT2D eigenvalue weighted by Crippen LogP contribution is -2.59. The number of hydrogen-bond donors (Lipinski definition) is 4. The maximum atomic E-state index is 14.6. The van der Waals surface area contributed by atoms with E-state index in [4.69, 9.17) is 14.5 Å². The van der Waals surface area contributed by atoms with Gasteiger partial charge in [0.2, 0.25) is 21.8 Å². The van der Waals surface area contributed by atoms with Crippen LogP contribution in [-0.2, 0) is 24.4 Å². The highest BCUT2D eigenvalue weighted by Crippen LogP contribution is 2.47. The Hall–Kier alpha value is -5.58. The number of pyridine rings is 1. The van der Waals surface area contributed by atoms with Crippen molar-refractivity contribution in [1.82, 2.24) is 35.2 Å². The molecule has 0 radical (unpaired) electrons. The second-order valence-corrected chi connectivity index (χ2v) is 19.4. The Morgan fingerprint density at radius 1 is 1.02 bits per heavy atom. The zero-order valence-corrected chi connectivity index (χ0v) is 35.3. The molecule has 2 aromatic heterocycles.